The molecule has 0 amide bonds. The van der Waals surface area contributed by atoms with Gasteiger partial charge in [-0.15, -0.1) is 0 Å². The summed E-state index contributed by atoms with van der Waals surface area (Å²) in [4.78, 5) is 10.2. The maximum atomic E-state index is 10.2. The largest absolute Gasteiger partial charge is 0.356 e. The molecular formula is C8H15O2. The van der Waals surface area contributed by atoms with Crippen LogP contribution in [-0.4, -0.2) is 5.97 Å². The van der Waals surface area contributed by atoms with E-state index in [1.165, 1.54) is 0 Å². The molecule has 2 heteroatoms. The Morgan fingerprint density at radius 3 is 2.20 bits per heavy atom. The van der Waals surface area contributed by atoms with Gasteiger partial charge in [-0.25, -0.2) is 9.90 Å². The molecule has 0 rings (SSSR count). The highest BCUT2D eigenvalue weighted by Gasteiger charge is 2.20. The fourth-order valence-electron chi connectivity index (χ4n) is 1.16. The number of hydrogen-bond acceptors (Lipinski definition) is 1. The summed E-state index contributed by atoms with van der Waals surface area (Å²) in [6.07, 6.45) is 2.14. The van der Waals surface area contributed by atoms with Gasteiger partial charge in [-0.3, -0.25) is 0 Å². The van der Waals surface area contributed by atoms with Crippen molar-refractivity contribution in [2.75, 3.05) is 0 Å². The first-order valence-corrected chi connectivity index (χ1v) is 3.68. The van der Waals surface area contributed by atoms with E-state index in [0.717, 1.165) is 12.8 Å². The molecule has 0 saturated heterocycles. The molecule has 0 aromatic heterocycles. The van der Waals surface area contributed by atoms with E-state index in [1.807, 2.05) is 13.8 Å². The molecule has 1 radical (unpaired) electrons. The van der Waals surface area contributed by atoms with Gasteiger partial charge in [0.15, 0.2) is 0 Å². The Morgan fingerprint density at radius 1 is 1.40 bits per heavy atom. The minimum atomic E-state index is -0.946. The van der Waals surface area contributed by atoms with Crippen LogP contribution in [0.1, 0.15) is 40.0 Å². The van der Waals surface area contributed by atoms with Gasteiger partial charge in [0.05, 0.1) is 6.42 Å². The van der Waals surface area contributed by atoms with Gasteiger partial charge in [-0.2, -0.15) is 0 Å². The summed E-state index contributed by atoms with van der Waals surface area (Å²) in [7, 11) is 0. The maximum absolute atomic E-state index is 10.2. The SMILES string of the molecule is CCCC(C)(C)CC([O])=O. The highest BCUT2D eigenvalue weighted by Crippen LogP contribution is 2.26. The molecule has 0 aromatic rings. The van der Waals surface area contributed by atoms with Gasteiger partial charge in [0, 0.05) is 0 Å². The van der Waals surface area contributed by atoms with Gasteiger partial charge in [-0.05, 0) is 11.8 Å². The van der Waals surface area contributed by atoms with Gasteiger partial charge in [-0.1, -0.05) is 27.2 Å². The van der Waals surface area contributed by atoms with Crippen molar-refractivity contribution in [3.05, 3.63) is 0 Å². The van der Waals surface area contributed by atoms with Crippen molar-refractivity contribution in [2.45, 2.75) is 40.0 Å². The molecular weight excluding hydrogens is 128 g/mol. The molecule has 59 valence electrons. The molecule has 0 saturated carbocycles. The molecule has 0 atom stereocenters. The van der Waals surface area contributed by atoms with Gasteiger partial charge in [0.25, 0.3) is 0 Å². The zero-order chi connectivity index (χ0) is 8.20. The Balaban J connectivity index is 3.74. The van der Waals surface area contributed by atoms with Gasteiger partial charge in [0.1, 0.15) is 0 Å². The highest BCUT2D eigenvalue weighted by atomic mass is 16.4. The number of rotatable bonds is 4. The van der Waals surface area contributed by atoms with E-state index < -0.39 is 5.97 Å². The second-order valence-corrected chi connectivity index (χ2v) is 3.46. The number of carbonyl (C=O) groups excluding carboxylic acids is 1. The van der Waals surface area contributed by atoms with Crippen molar-refractivity contribution < 1.29 is 9.90 Å². The van der Waals surface area contributed by atoms with Crippen molar-refractivity contribution in [1.29, 1.82) is 0 Å². The number of carbonyl (C=O) groups is 1. The summed E-state index contributed by atoms with van der Waals surface area (Å²) in [5.74, 6) is -0.946. The fourth-order valence-corrected chi connectivity index (χ4v) is 1.16. The standard InChI is InChI=1S/C8H15O2/c1-4-5-8(2,3)6-7(9)10/h4-6H2,1-3H3. The van der Waals surface area contributed by atoms with Crippen molar-refractivity contribution in [1.82, 2.24) is 0 Å². The summed E-state index contributed by atoms with van der Waals surface area (Å²) in [6, 6.07) is 0. The fraction of sp³-hybridized carbons (Fsp3) is 0.875. The van der Waals surface area contributed by atoms with E-state index in [0.29, 0.717) is 0 Å². The molecule has 0 N–H and O–H groups in total. The lowest BCUT2D eigenvalue weighted by Gasteiger charge is -2.20. The van der Waals surface area contributed by atoms with E-state index in [4.69, 9.17) is 0 Å². The smallest absolute Gasteiger partial charge is 0.247 e. The van der Waals surface area contributed by atoms with Gasteiger partial charge in [0.2, 0.25) is 0 Å². The monoisotopic (exact) mass is 143 g/mol. The minimum absolute atomic E-state index is 0.0897. The van der Waals surface area contributed by atoms with Crippen LogP contribution in [-0.2, 0) is 9.90 Å². The van der Waals surface area contributed by atoms with Crippen LogP contribution in [0, 0.1) is 5.41 Å². The highest BCUT2D eigenvalue weighted by molar-refractivity contribution is 5.67. The van der Waals surface area contributed by atoms with Gasteiger partial charge < -0.3 is 0 Å². The van der Waals surface area contributed by atoms with Crippen molar-refractivity contribution in [3.8, 4) is 0 Å². The molecule has 2 nitrogen and oxygen atoms in total. The second kappa shape index (κ2) is 3.59. The summed E-state index contributed by atoms with van der Waals surface area (Å²) < 4.78 is 0. The van der Waals surface area contributed by atoms with Gasteiger partial charge >= 0.3 is 5.97 Å². The average molecular weight is 143 g/mol. The van der Waals surface area contributed by atoms with Crippen LogP contribution in [0.15, 0.2) is 0 Å². The molecule has 0 fully saturated rings. The molecule has 0 heterocycles. The quantitative estimate of drug-likeness (QED) is 0.594. The lowest BCUT2D eigenvalue weighted by molar-refractivity contribution is -0.145. The summed E-state index contributed by atoms with van der Waals surface area (Å²) >= 11 is 0. The predicted octanol–water partition coefficient (Wildman–Crippen LogP) is 2.16. The molecule has 0 spiro atoms. The molecule has 0 aliphatic heterocycles. The van der Waals surface area contributed by atoms with E-state index in [2.05, 4.69) is 6.92 Å². The van der Waals surface area contributed by atoms with Crippen LogP contribution in [0.4, 0.5) is 0 Å². The van der Waals surface area contributed by atoms with Crippen LogP contribution >= 0.6 is 0 Å². The Bertz CT molecular complexity index is 116. The third-order valence-electron chi connectivity index (χ3n) is 1.55. The third kappa shape index (κ3) is 4.36. The topological polar surface area (TPSA) is 37.0 Å². The Morgan fingerprint density at radius 2 is 1.90 bits per heavy atom. The van der Waals surface area contributed by atoms with Crippen molar-refractivity contribution >= 4 is 5.97 Å². The van der Waals surface area contributed by atoms with Crippen molar-refractivity contribution in [3.63, 3.8) is 0 Å². The Kier molecular flexibility index (Phi) is 3.40. The summed E-state index contributed by atoms with van der Waals surface area (Å²) in [5, 5.41) is 10.2. The summed E-state index contributed by atoms with van der Waals surface area (Å²) in [5.41, 5.74) is -0.0897. The zero-order valence-corrected chi connectivity index (χ0v) is 6.94. The van der Waals surface area contributed by atoms with Crippen molar-refractivity contribution in [2.24, 2.45) is 5.41 Å². The first-order valence-electron chi connectivity index (χ1n) is 3.68. The lowest BCUT2D eigenvalue weighted by Crippen LogP contribution is -2.15. The van der Waals surface area contributed by atoms with Crippen LogP contribution in [0.5, 0.6) is 0 Å². The van der Waals surface area contributed by atoms with E-state index in [1.54, 1.807) is 0 Å². The average Bonchev–Trinajstić information content (AvgIpc) is 1.59. The first kappa shape index (κ1) is 9.47. The van der Waals surface area contributed by atoms with E-state index in [-0.39, 0.29) is 11.8 Å². The van der Waals surface area contributed by atoms with E-state index in [9.17, 15) is 9.90 Å². The van der Waals surface area contributed by atoms with Crippen LogP contribution < -0.4 is 0 Å². The molecule has 10 heavy (non-hydrogen) atoms. The first-order chi connectivity index (χ1) is 4.48. The molecule has 0 aliphatic carbocycles. The number of hydrogen-bond donors (Lipinski definition) is 0. The zero-order valence-electron chi connectivity index (χ0n) is 6.94. The third-order valence-corrected chi connectivity index (χ3v) is 1.55. The van der Waals surface area contributed by atoms with E-state index >= 15 is 0 Å². The molecule has 0 unspecified atom stereocenters. The summed E-state index contributed by atoms with van der Waals surface area (Å²) in [6.45, 7) is 5.95. The molecule has 0 aliphatic rings. The minimum Gasteiger partial charge on any atom is -0.247 e. The predicted molar refractivity (Wildman–Crippen MR) is 39.0 cm³/mol. The Labute approximate surface area is 62.2 Å². The second-order valence-electron chi connectivity index (χ2n) is 3.46. The molecule has 0 bridgehead atoms. The maximum Gasteiger partial charge on any atom is 0.356 e. The van der Waals surface area contributed by atoms with Crippen LogP contribution in [0.2, 0.25) is 0 Å². The Hall–Kier alpha value is -0.530. The normalized spacial score (nSPS) is 11.5. The van der Waals surface area contributed by atoms with Crippen LogP contribution in [0.3, 0.4) is 0 Å². The van der Waals surface area contributed by atoms with Crippen LogP contribution in [0.25, 0.3) is 0 Å². The molecule has 0 aromatic carbocycles. The lowest BCUT2D eigenvalue weighted by atomic mass is 9.85.